The third kappa shape index (κ3) is 3.70. The summed E-state index contributed by atoms with van der Waals surface area (Å²) in [7, 11) is 0. The summed E-state index contributed by atoms with van der Waals surface area (Å²) < 4.78 is 5.14. The molecule has 3 aromatic rings. The van der Waals surface area contributed by atoms with E-state index in [0.29, 0.717) is 17.7 Å². The first-order valence-corrected chi connectivity index (χ1v) is 10.8. The largest absolute Gasteiger partial charge is 0.447 e. The summed E-state index contributed by atoms with van der Waals surface area (Å²) in [5.41, 5.74) is 4.39. The number of carbonyl (C=O) groups is 2. The maximum absolute atomic E-state index is 12.1. The minimum absolute atomic E-state index is 0.0392. The monoisotopic (exact) mass is 436 g/mol. The lowest BCUT2D eigenvalue weighted by atomic mass is 10.00. The Balaban J connectivity index is 1.42. The molecule has 1 fully saturated rings. The van der Waals surface area contributed by atoms with Crippen LogP contribution in [0.2, 0.25) is 0 Å². The van der Waals surface area contributed by atoms with Crippen LogP contribution in [0.3, 0.4) is 0 Å². The molecule has 10 heteroatoms. The van der Waals surface area contributed by atoms with Crippen molar-refractivity contribution in [3.8, 4) is 10.6 Å². The molecular formula is C21H20N6O3S. The molecule has 1 aromatic carbocycles. The lowest BCUT2D eigenvalue weighted by molar-refractivity contribution is -0.114. The third-order valence-electron chi connectivity index (χ3n) is 5.15. The maximum Gasteiger partial charge on any atom is 0.416 e. The molecule has 0 radical (unpaired) electrons. The number of ether oxygens (including phenoxy) is 1. The van der Waals surface area contributed by atoms with Gasteiger partial charge in [0.2, 0.25) is 11.9 Å². The molecule has 1 atom stereocenters. The molecule has 2 aliphatic rings. The van der Waals surface area contributed by atoms with Crippen molar-refractivity contribution in [2.75, 3.05) is 22.1 Å². The second-order valence-corrected chi connectivity index (χ2v) is 8.50. The fourth-order valence-corrected chi connectivity index (χ4v) is 4.88. The average Bonchev–Trinajstić information content (AvgIpc) is 3.31. The minimum atomic E-state index is -0.355. The summed E-state index contributed by atoms with van der Waals surface area (Å²) in [5.74, 6) is 0.359. The number of anilines is 4. The molecule has 5 rings (SSSR count). The Kier molecular flexibility index (Phi) is 4.78. The molecule has 3 heterocycles. The van der Waals surface area contributed by atoms with Gasteiger partial charge in [0.25, 0.3) is 0 Å². The number of carbonyl (C=O) groups excluding carboxylic acids is 2. The van der Waals surface area contributed by atoms with Gasteiger partial charge in [-0.1, -0.05) is 11.3 Å². The first-order chi connectivity index (χ1) is 15.0. The number of rotatable bonds is 4. The Labute approximate surface area is 182 Å². The average molecular weight is 436 g/mol. The molecule has 158 valence electrons. The molecule has 0 saturated carbocycles. The SMILES string of the molecule is CC(=O)Nc1ccc(Nc2ncc3c(n2)-c2sc(N4C(=O)OCC4C)nc2CC3)cc1. The Bertz CT molecular complexity index is 1180. The minimum Gasteiger partial charge on any atom is -0.447 e. The Morgan fingerprint density at radius 1 is 1.19 bits per heavy atom. The van der Waals surface area contributed by atoms with E-state index in [0.717, 1.165) is 46.0 Å². The van der Waals surface area contributed by atoms with Crippen LogP contribution >= 0.6 is 11.3 Å². The number of aryl methyl sites for hydroxylation is 2. The van der Waals surface area contributed by atoms with E-state index in [1.165, 1.54) is 18.3 Å². The zero-order valence-electron chi connectivity index (χ0n) is 17.0. The Morgan fingerprint density at radius 3 is 2.68 bits per heavy atom. The van der Waals surface area contributed by atoms with Gasteiger partial charge in [0, 0.05) is 24.5 Å². The predicted molar refractivity (Wildman–Crippen MR) is 118 cm³/mol. The number of hydrogen-bond donors (Lipinski definition) is 2. The second-order valence-electron chi connectivity index (χ2n) is 7.52. The van der Waals surface area contributed by atoms with Crippen LogP contribution in [-0.4, -0.2) is 39.6 Å². The summed E-state index contributed by atoms with van der Waals surface area (Å²) >= 11 is 1.46. The summed E-state index contributed by atoms with van der Waals surface area (Å²) in [6.45, 7) is 3.79. The van der Waals surface area contributed by atoms with Crippen molar-refractivity contribution in [2.45, 2.75) is 32.7 Å². The van der Waals surface area contributed by atoms with Crippen molar-refractivity contribution in [1.82, 2.24) is 15.0 Å². The molecule has 9 nitrogen and oxygen atoms in total. The maximum atomic E-state index is 12.1. The van der Waals surface area contributed by atoms with E-state index in [2.05, 4.69) is 15.6 Å². The zero-order chi connectivity index (χ0) is 21.5. The number of benzene rings is 1. The van der Waals surface area contributed by atoms with Crippen molar-refractivity contribution in [1.29, 1.82) is 0 Å². The third-order valence-corrected chi connectivity index (χ3v) is 6.25. The van der Waals surface area contributed by atoms with Gasteiger partial charge in [-0.05, 0) is 49.6 Å². The molecule has 2 aromatic heterocycles. The van der Waals surface area contributed by atoms with E-state index < -0.39 is 0 Å². The fraction of sp³-hybridized carbons (Fsp3) is 0.286. The molecule has 1 unspecified atom stereocenters. The van der Waals surface area contributed by atoms with Crippen LogP contribution in [0.4, 0.5) is 27.2 Å². The van der Waals surface area contributed by atoms with Gasteiger partial charge >= 0.3 is 6.09 Å². The number of cyclic esters (lactones) is 1. The van der Waals surface area contributed by atoms with E-state index in [9.17, 15) is 9.59 Å². The van der Waals surface area contributed by atoms with Crippen molar-refractivity contribution < 1.29 is 14.3 Å². The first kappa shape index (κ1) is 19.4. The van der Waals surface area contributed by atoms with Crippen LogP contribution in [-0.2, 0) is 22.4 Å². The molecule has 31 heavy (non-hydrogen) atoms. The van der Waals surface area contributed by atoms with Crippen LogP contribution in [0.1, 0.15) is 25.1 Å². The number of amides is 2. The van der Waals surface area contributed by atoms with E-state index >= 15 is 0 Å². The number of nitrogens with zero attached hydrogens (tertiary/aromatic N) is 4. The highest BCUT2D eigenvalue weighted by Crippen LogP contribution is 2.41. The zero-order valence-corrected chi connectivity index (χ0v) is 17.8. The van der Waals surface area contributed by atoms with E-state index in [4.69, 9.17) is 14.7 Å². The van der Waals surface area contributed by atoms with Gasteiger partial charge in [-0.15, -0.1) is 0 Å². The van der Waals surface area contributed by atoms with Crippen LogP contribution in [0, 0.1) is 0 Å². The molecule has 0 bridgehead atoms. The Morgan fingerprint density at radius 2 is 1.97 bits per heavy atom. The van der Waals surface area contributed by atoms with E-state index in [1.54, 1.807) is 4.90 Å². The van der Waals surface area contributed by atoms with Gasteiger partial charge in [0.15, 0.2) is 5.13 Å². The van der Waals surface area contributed by atoms with Crippen LogP contribution in [0.15, 0.2) is 30.5 Å². The standard InChI is InChI=1S/C21H20N6O3S/c1-11-10-30-21(29)27(11)20-25-16-8-3-13-9-22-19(26-17(13)18(16)31-20)24-15-6-4-14(5-7-15)23-12(2)28/h4-7,9,11H,3,8,10H2,1-2H3,(H,23,28)(H,22,24,26). The molecule has 1 aliphatic carbocycles. The predicted octanol–water partition coefficient (Wildman–Crippen LogP) is 3.75. The smallest absolute Gasteiger partial charge is 0.416 e. The quantitative estimate of drug-likeness (QED) is 0.641. The first-order valence-electron chi connectivity index (χ1n) is 9.94. The van der Waals surface area contributed by atoms with Crippen molar-refractivity contribution in [3.63, 3.8) is 0 Å². The number of nitrogens with one attached hydrogen (secondary N) is 2. The van der Waals surface area contributed by atoms with Crippen molar-refractivity contribution in [2.24, 2.45) is 0 Å². The number of fused-ring (bicyclic) bond motifs is 3. The highest BCUT2D eigenvalue weighted by molar-refractivity contribution is 7.19. The number of thiazole rings is 1. The lowest BCUT2D eigenvalue weighted by Crippen LogP contribution is -2.30. The van der Waals surface area contributed by atoms with Gasteiger partial charge in [-0.2, -0.15) is 0 Å². The number of aromatic nitrogens is 3. The van der Waals surface area contributed by atoms with Crippen LogP contribution in [0.25, 0.3) is 10.6 Å². The van der Waals surface area contributed by atoms with E-state index in [-0.39, 0.29) is 18.0 Å². The molecule has 2 amide bonds. The second kappa shape index (κ2) is 7.62. The van der Waals surface area contributed by atoms with Crippen molar-refractivity contribution >= 4 is 45.8 Å². The highest BCUT2D eigenvalue weighted by atomic mass is 32.1. The molecule has 1 saturated heterocycles. The van der Waals surface area contributed by atoms with Crippen LogP contribution < -0.4 is 15.5 Å². The summed E-state index contributed by atoms with van der Waals surface area (Å²) in [6, 6.07) is 7.29. The van der Waals surface area contributed by atoms with Gasteiger partial charge in [0.05, 0.1) is 22.3 Å². The van der Waals surface area contributed by atoms with E-state index in [1.807, 2.05) is 37.4 Å². The van der Waals surface area contributed by atoms with Crippen molar-refractivity contribution in [3.05, 3.63) is 41.7 Å². The normalized spacial score (nSPS) is 17.0. The van der Waals surface area contributed by atoms with Gasteiger partial charge in [-0.3, -0.25) is 4.79 Å². The van der Waals surface area contributed by atoms with Gasteiger partial charge < -0.3 is 15.4 Å². The Hall–Kier alpha value is -3.53. The summed E-state index contributed by atoms with van der Waals surface area (Å²) in [5, 5.41) is 6.59. The summed E-state index contributed by atoms with van der Waals surface area (Å²) in [4.78, 5) is 39.7. The highest BCUT2D eigenvalue weighted by Gasteiger charge is 2.35. The summed E-state index contributed by atoms with van der Waals surface area (Å²) in [6.07, 6.45) is 3.08. The number of hydrogen-bond acceptors (Lipinski definition) is 8. The van der Waals surface area contributed by atoms with Gasteiger partial charge in [0.1, 0.15) is 6.61 Å². The van der Waals surface area contributed by atoms with Gasteiger partial charge in [-0.25, -0.2) is 24.6 Å². The molecular weight excluding hydrogens is 416 g/mol. The topological polar surface area (TPSA) is 109 Å². The molecule has 2 N–H and O–H groups in total. The van der Waals surface area contributed by atoms with Crippen LogP contribution in [0.5, 0.6) is 0 Å². The molecule has 1 aliphatic heterocycles. The fourth-order valence-electron chi connectivity index (χ4n) is 3.65. The molecule has 0 spiro atoms. The lowest BCUT2D eigenvalue weighted by Gasteiger charge is -2.15.